The molecule has 70 valence electrons. The van der Waals surface area contributed by atoms with E-state index in [0.29, 0.717) is 6.04 Å². The van der Waals surface area contributed by atoms with Crippen LogP contribution in [0.1, 0.15) is 19.3 Å². The molecule has 0 N–H and O–H groups in total. The van der Waals surface area contributed by atoms with E-state index in [2.05, 4.69) is 19.0 Å². The Hall–Kier alpha value is -0.570. The summed E-state index contributed by atoms with van der Waals surface area (Å²) in [5.41, 5.74) is 0. The van der Waals surface area contributed by atoms with Gasteiger partial charge in [0.15, 0.2) is 0 Å². The molecule has 1 fully saturated rings. The van der Waals surface area contributed by atoms with Gasteiger partial charge in [0, 0.05) is 12.6 Å². The van der Waals surface area contributed by atoms with Gasteiger partial charge >= 0.3 is 0 Å². The molecule has 3 heteroatoms. The molecule has 1 atom stereocenters. The Balaban J connectivity index is 2.26. The lowest BCUT2D eigenvalue weighted by Gasteiger charge is -2.21. The Labute approximate surface area is 74.3 Å². The summed E-state index contributed by atoms with van der Waals surface area (Å²) < 4.78 is 0. The Morgan fingerprint density at radius 3 is 2.92 bits per heavy atom. The third-order valence-electron chi connectivity index (χ3n) is 2.47. The molecule has 1 aliphatic rings. The quantitative estimate of drug-likeness (QED) is 0.576. The van der Waals surface area contributed by atoms with Crippen LogP contribution < -0.4 is 0 Å². The molecule has 1 saturated heterocycles. The lowest BCUT2D eigenvalue weighted by atomic mass is 10.1. The van der Waals surface area contributed by atoms with Gasteiger partial charge in [-0.2, -0.15) is 0 Å². The van der Waals surface area contributed by atoms with Gasteiger partial charge in [-0.25, -0.2) is 0 Å². The molecule has 1 heterocycles. The van der Waals surface area contributed by atoms with Gasteiger partial charge in [-0.3, -0.25) is 4.79 Å². The van der Waals surface area contributed by atoms with Gasteiger partial charge in [0.25, 0.3) is 0 Å². The average Bonchev–Trinajstić information content (AvgIpc) is 2.47. The van der Waals surface area contributed by atoms with Crippen LogP contribution in [0, 0.1) is 0 Å². The topological polar surface area (TPSA) is 23.6 Å². The first kappa shape index (κ1) is 9.52. The van der Waals surface area contributed by atoms with E-state index < -0.39 is 0 Å². The van der Waals surface area contributed by atoms with Crippen LogP contribution in [0.4, 0.5) is 0 Å². The maximum absolute atomic E-state index is 10.6. The zero-order valence-electron chi connectivity index (χ0n) is 7.99. The largest absolute Gasteiger partial charge is 0.342 e. The van der Waals surface area contributed by atoms with Gasteiger partial charge in [0.2, 0.25) is 6.41 Å². The van der Waals surface area contributed by atoms with Crippen LogP contribution in [0.5, 0.6) is 0 Å². The van der Waals surface area contributed by atoms with Crippen molar-refractivity contribution in [3.8, 4) is 0 Å². The van der Waals surface area contributed by atoms with Crippen molar-refractivity contribution >= 4 is 6.41 Å². The maximum Gasteiger partial charge on any atom is 0.209 e. The maximum atomic E-state index is 10.6. The molecular formula is C9H18N2O. The minimum Gasteiger partial charge on any atom is -0.342 e. The first-order chi connectivity index (χ1) is 5.74. The Kier molecular flexibility index (Phi) is 3.53. The number of likely N-dealkylation sites (tertiary alicyclic amines) is 1. The van der Waals surface area contributed by atoms with Gasteiger partial charge in [0.05, 0.1) is 0 Å². The Morgan fingerprint density at radius 1 is 1.58 bits per heavy atom. The van der Waals surface area contributed by atoms with Crippen LogP contribution >= 0.6 is 0 Å². The monoisotopic (exact) mass is 170 g/mol. The fourth-order valence-electron chi connectivity index (χ4n) is 1.71. The summed E-state index contributed by atoms with van der Waals surface area (Å²) in [4.78, 5) is 14.7. The predicted octanol–water partition coefficient (Wildman–Crippen LogP) is 0.559. The van der Waals surface area contributed by atoms with Crippen molar-refractivity contribution in [3.05, 3.63) is 0 Å². The van der Waals surface area contributed by atoms with Crippen molar-refractivity contribution in [1.29, 1.82) is 0 Å². The number of amides is 1. The van der Waals surface area contributed by atoms with Crippen molar-refractivity contribution in [1.82, 2.24) is 9.80 Å². The molecule has 1 unspecified atom stereocenters. The second kappa shape index (κ2) is 4.45. The molecule has 0 radical (unpaired) electrons. The second-order valence-electron chi connectivity index (χ2n) is 3.73. The van der Waals surface area contributed by atoms with E-state index in [1.807, 2.05) is 4.90 Å². The fourth-order valence-corrected chi connectivity index (χ4v) is 1.71. The predicted molar refractivity (Wildman–Crippen MR) is 49.0 cm³/mol. The molecule has 1 rings (SSSR count). The summed E-state index contributed by atoms with van der Waals surface area (Å²) in [7, 11) is 4.14. The highest BCUT2D eigenvalue weighted by Gasteiger charge is 2.22. The number of carbonyl (C=O) groups is 1. The molecule has 0 spiro atoms. The summed E-state index contributed by atoms with van der Waals surface area (Å²) in [5, 5.41) is 0. The van der Waals surface area contributed by atoms with Crippen LogP contribution in [0.15, 0.2) is 0 Å². The lowest BCUT2D eigenvalue weighted by molar-refractivity contribution is -0.118. The molecule has 3 nitrogen and oxygen atoms in total. The highest BCUT2D eigenvalue weighted by molar-refractivity contribution is 5.48. The Morgan fingerprint density at radius 2 is 2.33 bits per heavy atom. The minimum absolute atomic E-state index is 0.505. The van der Waals surface area contributed by atoms with Crippen molar-refractivity contribution in [2.75, 3.05) is 27.2 Å². The number of hydrogen-bond donors (Lipinski definition) is 0. The van der Waals surface area contributed by atoms with Gasteiger partial charge in [-0.1, -0.05) is 0 Å². The normalized spacial score (nSPS) is 23.6. The lowest BCUT2D eigenvalue weighted by Crippen LogP contribution is -2.30. The smallest absolute Gasteiger partial charge is 0.209 e. The molecule has 0 aliphatic carbocycles. The number of hydrogen-bond acceptors (Lipinski definition) is 2. The van der Waals surface area contributed by atoms with E-state index in [0.717, 1.165) is 25.9 Å². The highest BCUT2D eigenvalue weighted by atomic mass is 16.1. The van der Waals surface area contributed by atoms with Crippen molar-refractivity contribution in [3.63, 3.8) is 0 Å². The molecule has 1 amide bonds. The Bertz CT molecular complexity index is 147. The van der Waals surface area contributed by atoms with E-state index in [1.54, 1.807) is 0 Å². The molecule has 0 saturated carbocycles. The third-order valence-corrected chi connectivity index (χ3v) is 2.47. The van der Waals surface area contributed by atoms with E-state index in [1.165, 1.54) is 12.8 Å². The van der Waals surface area contributed by atoms with Crippen LogP contribution in [0.2, 0.25) is 0 Å². The van der Waals surface area contributed by atoms with E-state index >= 15 is 0 Å². The second-order valence-corrected chi connectivity index (χ2v) is 3.73. The van der Waals surface area contributed by atoms with E-state index in [4.69, 9.17) is 0 Å². The number of rotatable bonds is 4. The average molecular weight is 170 g/mol. The molecule has 0 bridgehead atoms. The van der Waals surface area contributed by atoms with Crippen LogP contribution in [-0.4, -0.2) is 49.4 Å². The standard InChI is InChI=1S/C9H18N2O/c1-10(2)7-5-9-4-3-6-11(9)8-12/h8-9H,3-7H2,1-2H3. The van der Waals surface area contributed by atoms with Crippen molar-refractivity contribution in [2.24, 2.45) is 0 Å². The summed E-state index contributed by atoms with van der Waals surface area (Å²) in [6.07, 6.45) is 4.47. The van der Waals surface area contributed by atoms with Gasteiger partial charge in [0.1, 0.15) is 0 Å². The van der Waals surface area contributed by atoms with E-state index in [-0.39, 0.29) is 0 Å². The molecular weight excluding hydrogens is 152 g/mol. The number of carbonyl (C=O) groups excluding carboxylic acids is 1. The fraction of sp³-hybridized carbons (Fsp3) is 0.889. The van der Waals surface area contributed by atoms with Crippen molar-refractivity contribution < 1.29 is 4.79 Å². The first-order valence-electron chi connectivity index (χ1n) is 4.60. The number of nitrogens with zero attached hydrogens (tertiary/aromatic N) is 2. The summed E-state index contributed by atoms with van der Waals surface area (Å²) in [5.74, 6) is 0. The molecule has 0 aromatic heterocycles. The molecule has 0 aromatic rings. The zero-order chi connectivity index (χ0) is 8.97. The van der Waals surface area contributed by atoms with Crippen molar-refractivity contribution in [2.45, 2.75) is 25.3 Å². The van der Waals surface area contributed by atoms with Gasteiger partial charge in [-0.05, 0) is 39.9 Å². The van der Waals surface area contributed by atoms with Gasteiger partial charge in [-0.15, -0.1) is 0 Å². The van der Waals surface area contributed by atoms with Crippen LogP contribution in [-0.2, 0) is 4.79 Å². The third kappa shape index (κ3) is 2.48. The summed E-state index contributed by atoms with van der Waals surface area (Å²) in [6, 6.07) is 0.505. The highest BCUT2D eigenvalue weighted by Crippen LogP contribution is 2.17. The van der Waals surface area contributed by atoms with Crippen LogP contribution in [0.25, 0.3) is 0 Å². The molecule has 12 heavy (non-hydrogen) atoms. The molecule has 0 aromatic carbocycles. The summed E-state index contributed by atoms with van der Waals surface area (Å²) in [6.45, 7) is 2.04. The van der Waals surface area contributed by atoms with Gasteiger partial charge < -0.3 is 9.80 Å². The zero-order valence-corrected chi connectivity index (χ0v) is 7.99. The SMILES string of the molecule is CN(C)CCC1CCCN1C=O. The minimum atomic E-state index is 0.505. The molecule has 1 aliphatic heterocycles. The first-order valence-corrected chi connectivity index (χ1v) is 4.60. The van der Waals surface area contributed by atoms with E-state index in [9.17, 15) is 4.79 Å². The summed E-state index contributed by atoms with van der Waals surface area (Å²) >= 11 is 0. The van der Waals surface area contributed by atoms with Crippen LogP contribution in [0.3, 0.4) is 0 Å².